The molecule has 1 aromatic heterocycles. The molecule has 0 amide bonds. The third kappa shape index (κ3) is 3.61. The molecule has 0 aliphatic carbocycles. The van der Waals surface area contributed by atoms with Gasteiger partial charge in [0.2, 0.25) is 0 Å². The fraction of sp³-hybridized carbons (Fsp3) is 0.375. The van der Waals surface area contributed by atoms with E-state index in [9.17, 15) is 9.90 Å². The fourth-order valence-electron chi connectivity index (χ4n) is 2.41. The topological polar surface area (TPSA) is 53.4 Å². The molecule has 21 heavy (non-hydrogen) atoms. The summed E-state index contributed by atoms with van der Waals surface area (Å²) >= 11 is 1.65. The molecule has 0 spiro atoms. The number of carboxylic acid groups (broad SMARTS) is 1. The molecule has 1 heterocycles. The second-order valence-electron chi connectivity index (χ2n) is 5.21. The van der Waals surface area contributed by atoms with Crippen LogP contribution >= 0.6 is 11.3 Å². The largest absolute Gasteiger partial charge is 0.480 e. The normalized spacial score (nSPS) is 12.2. The zero-order valence-electron chi connectivity index (χ0n) is 12.8. The van der Waals surface area contributed by atoms with Gasteiger partial charge in [-0.1, -0.05) is 17.7 Å². The maximum atomic E-state index is 11.2. The van der Waals surface area contributed by atoms with Crippen LogP contribution in [0.25, 0.3) is 0 Å². The maximum Gasteiger partial charge on any atom is 0.323 e. The lowest BCUT2D eigenvalue weighted by molar-refractivity contribution is -0.135. The van der Waals surface area contributed by atoms with Gasteiger partial charge in [0.1, 0.15) is 6.54 Å². The standard InChI is InChI=1S/C16H20N2O2S/c1-10-5-7-14(8-6-10)18(9-15(19)20)11(2)16-12(3)21-13(4)17-16/h5-8,11H,9H2,1-4H3,(H,19,20). The second-order valence-corrected chi connectivity index (χ2v) is 6.61. The first-order valence-electron chi connectivity index (χ1n) is 6.87. The molecule has 0 bridgehead atoms. The first kappa shape index (κ1) is 15.5. The molecule has 0 radical (unpaired) electrons. The SMILES string of the molecule is Cc1ccc(N(CC(=O)O)C(C)c2nc(C)sc2C)cc1. The number of nitrogens with zero attached hydrogens (tertiary/aromatic N) is 2. The quantitative estimate of drug-likeness (QED) is 0.914. The van der Waals surface area contributed by atoms with Crippen molar-refractivity contribution in [1.29, 1.82) is 0 Å². The Hall–Kier alpha value is -1.88. The van der Waals surface area contributed by atoms with E-state index >= 15 is 0 Å². The molecule has 4 nitrogen and oxygen atoms in total. The minimum atomic E-state index is -0.841. The number of benzene rings is 1. The summed E-state index contributed by atoms with van der Waals surface area (Å²) in [5.74, 6) is -0.841. The number of thiazole rings is 1. The van der Waals surface area contributed by atoms with Crippen LogP contribution in [0.4, 0.5) is 5.69 Å². The molecule has 0 fully saturated rings. The number of aliphatic carboxylic acids is 1. The molecular formula is C16H20N2O2S. The van der Waals surface area contributed by atoms with Crippen LogP contribution in [0.5, 0.6) is 0 Å². The molecule has 1 unspecified atom stereocenters. The highest BCUT2D eigenvalue weighted by Gasteiger charge is 2.22. The summed E-state index contributed by atoms with van der Waals surface area (Å²) in [5, 5.41) is 10.2. The Kier molecular flexibility index (Phi) is 4.63. The van der Waals surface area contributed by atoms with Gasteiger partial charge >= 0.3 is 5.97 Å². The smallest absolute Gasteiger partial charge is 0.323 e. The summed E-state index contributed by atoms with van der Waals surface area (Å²) in [4.78, 5) is 18.8. The first-order chi connectivity index (χ1) is 9.88. The van der Waals surface area contributed by atoms with Gasteiger partial charge in [0.25, 0.3) is 0 Å². The molecule has 0 aliphatic rings. The van der Waals surface area contributed by atoms with Gasteiger partial charge in [0.05, 0.1) is 16.7 Å². The first-order valence-corrected chi connectivity index (χ1v) is 7.69. The Bertz CT molecular complexity index is 634. The van der Waals surface area contributed by atoms with E-state index in [0.717, 1.165) is 26.8 Å². The maximum absolute atomic E-state index is 11.2. The molecule has 112 valence electrons. The number of rotatable bonds is 5. The number of aryl methyl sites for hydroxylation is 3. The van der Waals surface area contributed by atoms with Crippen molar-refractivity contribution in [2.24, 2.45) is 0 Å². The van der Waals surface area contributed by atoms with Crippen molar-refractivity contribution in [2.75, 3.05) is 11.4 Å². The number of aromatic nitrogens is 1. The minimum absolute atomic E-state index is 0.0414. The highest BCUT2D eigenvalue weighted by atomic mass is 32.1. The lowest BCUT2D eigenvalue weighted by atomic mass is 10.1. The highest BCUT2D eigenvalue weighted by Crippen LogP contribution is 2.30. The van der Waals surface area contributed by atoms with Crippen LogP contribution in [-0.4, -0.2) is 22.6 Å². The lowest BCUT2D eigenvalue weighted by Gasteiger charge is -2.29. The Labute approximate surface area is 129 Å². The molecule has 1 aromatic carbocycles. The van der Waals surface area contributed by atoms with Gasteiger partial charge in [-0.05, 0) is 39.8 Å². The summed E-state index contributed by atoms with van der Waals surface area (Å²) in [6.45, 7) is 7.99. The van der Waals surface area contributed by atoms with Crippen LogP contribution in [0.1, 0.15) is 34.1 Å². The van der Waals surface area contributed by atoms with E-state index < -0.39 is 5.97 Å². The zero-order valence-corrected chi connectivity index (χ0v) is 13.6. The number of carboxylic acids is 1. The Balaban J connectivity index is 2.37. The van der Waals surface area contributed by atoms with Crippen molar-refractivity contribution >= 4 is 23.0 Å². The molecule has 2 rings (SSSR count). The lowest BCUT2D eigenvalue weighted by Crippen LogP contribution is -2.32. The van der Waals surface area contributed by atoms with Gasteiger partial charge in [0.15, 0.2) is 0 Å². The van der Waals surface area contributed by atoms with Crippen LogP contribution in [-0.2, 0) is 4.79 Å². The third-order valence-corrected chi connectivity index (χ3v) is 4.38. The summed E-state index contributed by atoms with van der Waals surface area (Å²) in [7, 11) is 0. The van der Waals surface area contributed by atoms with Gasteiger partial charge in [-0.3, -0.25) is 4.79 Å². The number of hydrogen-bond donors (Lipinski definition) is 1. The number of hydrogen-bond acceptors (Lipinski definition) is 4. The van der Waals surface area contributed by atoms with Crippen molar-refractivity contribution in [1.82, 2.24) is 4.98 Å². The molecule has 2 aromatic rings. The van der Waals surface area contributed by atoms with Crippen molar-refractivity contribution in [3.63, 3.8) is 0 Å². The zero-order chi connectivity index (χ0) is 15.6. The molecule has 5 heteroatoms. The van der Waals surface area contributed by atoms with Crippen molar-refractivity contribution in [2.45, 2.75) is 33.7 Å². The van der Waals surface area contributed by atoms with Gasteiger partial charge in [-0.2, -0.15) is 0 Å². The van der Waals surface area contributed by atoms with Crippen molar-refractivity contribution in [3.8, 4) is 0 Å². The highest BCUT2D eigenvalue weighted by molar-refractivity contribution is 7.11. The summed E-state index contributed by atoms with van der Waals surface area (Å²) in [6, 6.07) is 7.84. The van der Waals surface area contributed by atoms with Gasteiger partial charge < -0.3 is 10.0 Å². The molecule has 1 N–H and O–H groups in total. The van der Waals surface area contributed by atoms with Gasteiger partial charge in [-0.15, -0.1) is 11.3 Å². The molecule has 0 saturated carbocycles. The molecule has 1 atom stereocenters. The van der Waals surface area contributed by atoms with E-state index in [0.29, 0.717) is 0 Å². The Morgan fingerprint density at radius 1 is 1.29 bits per heavy atom. The van der Waals surface area contributed by atoms with Gasteiger partial charge in [0, 0.05) is 10.6 Å². The fourth-order valence-corrected chi connectivity index (χ4v) is 3.32. The summed E-state index contributed by atoms with van der Waals surface area (Å²) in [5.41, 5.74) is 3.02. The molecule has 0 aliphatic heterocycles. The Morgan fingerprint density at radius 3 is 2.38 bits per heavy atom. The average molecular weight is 304 g/mol. The van der Waals surface area contributed by atoms with E-state index in [1.165, 1.54) is 0 Å². The van der Waals surface area contributed by atoms with Crippen molar-refractivity contribution in [3.05, 3.63) is 45.4 Å². The molecule has 0 saturated heterocycles. The van der Waals surface area contributed by atoms with Crippen LogP contribution in [0.2, 0.25) is 0 Å². The second kappa shape index (κ2) is 6.26. The average Bonchev–Trinajstić information content (AvgIpc) is 2.75. The minimum Gasteiger partial charge on any atom is -0.480 e. The van der Waals surface area contributed by atoms with E-state index in [2.05, 4.69) is 4.98 Å². The van der Waals surface area contributed by atoms with E-state index in [1.807, 2.05) is 56.9 Å². The van der Waals surface area contributed by atoms with E-state index in [1.54, 1.807) is 11.3 Å². The third-order valence-electron chi connectivity index (χ3n) is 3.47. The predicted molar refractivity (Wildman–Crippen MR) is 86.2 cm³/mol. The monoisotopic (exact) mass is 304 g/mol. The van der Waals surface area contributed by atoms with Gasteiger partial charge in [-0.25, -0.2) is 4.98 Å². The molecular weight excluding hydrogens is 284 g/mol. The van der Waals surface area contributed by atoms with E-state index in [-0.39, 0.29) is 12.6 Å². The van der Waals surface area contributed by atoms with Crippen LogP contribution in [0, 0.1) is 20.8 Å². The van der Waals surface area contributed by atoms with Crippen LogP contribution in [0.15, 0.2) is 24.3 Å². The Morgan fingerprint density at radius 2 is 1.90 bits per heavy atom. The summed E-state index contributed by atoms with van der Waals surface area (Å²) in [6.07, 6.45) is 0. The summed E-state index contributed by atoms with van der Waals surface area (Å²) < 4.78 is 0. The number of carbonyl (C=O) groups is 1. The van der Waals surface area contributed by atoms with E-state index in [4.69, 9.17) is 0 Å². The van der Waals surface area contributed by atoms with Crippen LogP contribution in [0.3, 0.4) is 0 Å². The van der Waals surface area contributed by atoms with Crippen LogP contribution < -0.4 is 4.90 Å². The predicted octanol–water partition coefficient (Wildman–Crippen LogP) is 3.72. The van der Waals surface area contributed by atoms with Crippen molar-refractivity contribution < 1.29 is 9.90 Å². The number of anilines is 1.